The second kappa shape index (κ2) is 8.58. The third-order valence-electron chi connectivity index (χ3n) is 5.52. The summed E-state index contributed by atoms with van der Waals surface area (Å²) in [6, 6.07) is 16.6. The maximum atomic E-state index is 13.4. The van der Waals surface area contributed by atoms with Crippen molar-refractivity contribution in [2.45, 2.75) is 19.6 Å². The van der Waals surface area contributed by atoms with E-state index in [2.05, 4.69) is 30.5 Å². The van der Waals surface area contributed by atoms with E-state index in [4.69, 9.17) is 10.5 Å². The number of nitrogen functional groups attached to an aromatic ring is 1. The Bertz CT molecular complexity index is 1320. The summed E-state index contributed by atoms with van der Waals surface area (Å²) in [5, 5.41) is 11.9. The third-order valence-corrected chi connectivity index (χ3v) is 5.52. The fourth-order valence-electron chi connectivity index (χ4n) is 3.96. The molecule has 10 heteroatoms. The number of aliphatic imine (C=N–C) groups is 1. The van der Waals surface area contributed by atoms with Crippen molar-refractivity contribution >= 4 is 23.6 Å². The van der Waals surface area contributed by atoms with Gasteiger partial charge in [-0.25, -0.2) is 19.6 Å². The fourth-order valence-corrected chi connectivity index (χ4v) is 3.96. The number of rotatable bonds is 5. The number of carbonyl (C=O) groups is 1. The maximum Gasteiger partial charge on any atom is 0.317 e. The molecule has 2 atom stereocenters. The molecule has 2 N–H and O–H groups in total. The van der Waals surface area contributed by atoms with Crippen LogP contribution in [0.2, 0.25) is 0 Å². The molecule has 0 bridgehead atoms. The molecule has 0 amide bonds. The number of hydrogen-bond acceptors (Lipinski definition) is 9. The zero-order valence-electron chi connectivity index (χ0n) is 17.7. The summed E-state index contributed by atoms with van der Waals surface area (Å²) in [6.07, 6.45) is 3.29. The van der Waals surface area contributed by atoms with Crippen LogP contribution in [0.5, 0.6) is 0 Å². The number of hydrogen-bond donors (Lipinski definition) is 1. The third kappa shape index (κ3) is 3.93. The van der Waals surface area contributed by atoms with Crippen LogP contribution in [0.15, 0.2) is 72.0 Å². The molecule has 164 valence electrons. The van der Waals surface area contributed by atoms with E-state index in [-0.39, 0.29) is 12.6 Å². The lowest BCUT2D eigenvalue weighted by molar-refractivity contribution is -0.148. The number of carbonyl (C=O) groups excluding carboxylic acids is 1. The summed E-state index contributed by atoms with van der Waals surface area (Å²) in [7, 11) is 0. The van der Waals surface area contributed by atoms with Gasteiger partial charge in [0.25, 0.3) is 5.95 Å². The fraction of sp³-hybridized carbons (Fsp3) is 0.174. The lowest BCUT2D eigenvalue weighted by atomic mass is 9.85. The number of tetrazole rings is 1. The topological polar surface area (TPSA) is 134 Å². The Morgan fingerprint density at radius 2 is 1.79 bits per heavy atom. The largest absolute Gasteiger partial charge is 0.460 e. The van der Waals surface area contributed by atoms with Crippen LogP contribution >= 0.6 is 0 Å². The van der Waals surface area contributed by atoms with E-state index in [1.165, 1.54) is 0 Å². The molecule has 33 heavy (non-hydrogen) atoms. The number of nitrogens with zero attached hydrogens (tertiary/aromatic N) is 7. The Morgan fingerprint density at radius 1 is 1.06 bits per heavy atom. The molecule has 10 nitrogen and oxygen atoms in total. The summed E-state index contributed by atoms with van der Waals surface area (Å²) in [5.74, 6) is -0.620. The van der Waals surface area contributed by atoms with Gasteiger partial charge in [0.05, 0.1) is 0 Å². The first-order valence-corrected chi connectivity index (χ1v) is 10.3. The minimum atomic E-state index is -0.722. The van der Waals surface area contributed by atoms with Gasteiger partial charge in [-0.15, -0.1) is 0 Å². The standard InChI is InChI=1S/C23H20N8O2/c1-14-19(21(32)33-13-15-7-3-2-4-8-15)20(31-23(27-14)28-29-30-31)18-10-6-5-9-17(18)16-11-25-22(24)26-12-16/h2-12,19-20H,13H2,1H3,(H2,24,25,26). The van der Waals surface area contributed by atoms with Crippen LogP contribution in [0, 0.1) is 5.92 Å². The summed E-state index contributed by atoms with van der Waals surface area (Å²) in [6.45, 7) is 1.95. The van der Waals surface area contributed by atoms with Crippen LogP contribution in [0.25, 0.3) is 11.1 Å². The minimum absolute atomic E-state index is 0.159. The van der Waals surface area contributed by atoms with Crippen LogP contribution in [0.3, 0.4) is 0 Å². The van der Waals surface area contributed by atoms with Crippen LogP contribution < -0.4 is 5.73 Å². The van der Waals surface area contributed by atoms with Crippen LogP contribution in [0.4, 0.5) is 11.9 Å². The van der Waals surface area contributed by atoms with Crippen molar-refractivity contribution < 1.29 is 9.53 Å². The van der Waals surface area contributed by atoms with Crippen LogP contribution in [-0.2, 0) is 16.1 Å². The second-order valence-corrected chi connectivity index (χ2v) is 7.61. The van der Waals surface area contributed by atoms with Gasteiger partial charge in [0.15, 0.2) is 0 Å². The van der Waals surface area contributed by atoms with Crippen LogP contribution in [0.1, 0.15) is 24.1 Å². The van der Waals surface area contributed by atoms with Crippen molar-refractivity contribution in [3.05, 3.63) is 78.1 Å². The van der Waals surface area contributed by atoms with Gasteiger partial charge in [-0.1, -0.05) is 59.7 Å². The van der Waals surface area contributed by atoms with Crippen molar-refractivity contribution in [3.8, 4) is 11.1 Å². The number of anilines is 1. The Labute approximate surface area is 189 Å². The molecule has 3 heterocycles. The van der Waals surface area contributed by atoms with Gasteiger partial charge in [-0.3, -0.25) is 4.79 Å². The molecule has 2 aromatic carbocycles. The highest BCUT2D eigenvalue weighted by Crippen LogP contribution is 2.39. The first-order valence-electron chi connectivity index (χ1n) is 10.3. The highest BCUT2D eigenvalue weighted by molar-refractivity contribution is 6.03. The highest BCUT2D eigenvalue weighted by Gasteiger charge is 2.41. The van der Waals surface area contributed by atoms with Gasteiger partial charge in [-0.2, -0.15) is 0 Å². The van der Waals surface area contributed by atoms with Crippen LogP contribution in [-0.4, -0.2) is 41.9 Å². The van der Waals surface area contributed by atoms with Gasteiger partial charge < -0.3 is 10.5 Å². The molecule has 0 saturated heterocycles. The average Bonchev–Trinajstić information content (AvgIpc) is 3.31. The zero-order chi connectivity index (χ0) is 22.8. The molecular weight excluding hydrogens is 420 g/mol. The second-order valence-electron chi connectivity index (χ2n) is 7.61. The SMILES string of the molecule is CC1=Nc2nnnn2C(c2ccccc2-c2cnc(N)nc2)C1C(=O)OCc1ccccc1. The molecule has 1 aliphatic rings. The number of nitrogens with two attached hydrogens (primary N) is 1. The monoisotopic (exact) mass is 440 g/mol. The Hall–Kier alpha value is -4.47. The molecule has 2 unspecified atom stereocenters. The predicted molar refractivity (Wildman–Crippen MR) is 120 cm³/mol. The summed E-state index contributed by atoms with van der Waals surface area (Å²) in [4.78, 5) is 26.0. The molecule has 5 rings (SSSR count). The first kappa shape index (κ1) is 20.4. The van der Waals surface area contributed by atoms with Gasteiger partial charge in [0, 0.05) is 23.7 Å². The average molecular weight is 440 g/mol. The summed E-state index contributed by atoms with van der Waals surface area (Å²) in [5.41, 5.74) is 9.54. The number of ether oxygens (including phenoxy) is 1. The molecule has 2 aromatic heterocycles. The van der Waals surface area contributed by atoms with Crippen molar-refractivity contribution in [2.75, 3.05) is 5.73 Å². The van der Waals surface area contributed by atoms with E-state index in [1.54, 1.807) is 24.0 Å². The van der Waals surface area contributed by atoms with E-state index in [1.807, 2.05) is 54.6 Å². The molecular formula is C23H20N8O2. The van der Waals surface area contributed by atoms with Gasteiger partial charge in [0.2, 0.25) is 5.95 Å². The molecule has 0 saturated carbocycles. The number of esters is 1. The Kier molecular flexibility index (Phi) is 5.31. The van der Waals surface area contributed by atoms with Gasteiger partial charge in [-0.05, 0) is 34.0 Å². The van der Waals surface area contributed by atoms with E-state index >= 15 is 0 Å². The molecule has 0 fully saturated rings. The molecule has 0 radical (unpaired) electrons. The van der Waals surface area contributed by atoms with E-state index in [0.29, 0.717) is 11.7 Å². The van der Waals surface area contributed by atoms with Gasteiger partial charge >= 0.3 is 5.97 Å². The predicted octanol–water partition coefficient (Wildman–Crippen LogP) is 2.77. The van der Waals surface area contributed by atoms with Gasteiger partial charge in [0.1, 0.15) is 18.6 Å². The normalized spacial score (nSPS) is 17.2. The lowest BCUT2D eigenvalue weighted by Gasteiger charge is -2.30. The molecule has 4 aromatic rings. The van der Waals surface area contributed by atoms with Crippen molar-refractivity contribution in [1.82, 2.24) is 30.2 Å². The quantitative estimate of drug-likeness (QED) is 0.468. The number of benzene rings is 2. The molecule has 1 aliphatic heterocycles. The molecule has 0 aliphatic carbocycles. The summed E-state index contributed by atoms with van der Waals surface area (Å²) >= 11 is 0. The number of fused-ring (bicyclic) bond motifs is 1. The van der Waals surface area contributed by atoms with E-state index in [9.17, 15) is 4.79 Å². The zero-order valence-corrected chi connectivity index (χ0v) is 17.7. The lowest BCUT2D eigenvalue weighted by Crippen LogP contribution is -2.37. The van der Waals surface area contributed by atoms with Crippen molar-refractivity contribution in [1.29, 1.82) is 0 Å². The van der Waals surface area contributed by atoms with E-state index in [0.717, 1.165) is 22.3 Å². The number of aromatic nitrogens is 6. The minimum Gasteiger partial charge on any atom is -0.460 e. The first-order chi connectivity index (χ1) is 16.1. The smallest absolute Gasteiger partial charge is 0.317 e. The Morgan fingerprint density at radius 3 is 2.58 bits per heavy atom. The maximum absolute atomic E-state index is 13.4. The Balaban J connectivity index is 1.56. The van der Waals surface area contributed by atoms with Crippen molar-refractivity contribution in [3.63, 3.8) is 0 Å². The van der Waals surface area contributed by atoms with Crippen molar-refractivity contribution in [2.24, 2.45) is 10.9 Å². The molecule has 0 spiro atoms. The van der Waals surface area contributed by atoms with E-state index < -0.39 is 17.9 Å². The highest BCUT2D eigenvalue weighted by atomic mass is 16.5. The summed E-state index contributed by atoms with van der Waals surface area (Å²) < 4.78 is 7.25.